The van der Waals surface area contributed by atoms with Crippen molar-refractivity contribution in [2.45, 2.75) is 44.6 Å². The first kappa shape index (κ1) is 23.9. The highest BCUT2D eigenvalue weighted by Crippen LogP contribution is 2.27. The van der Waals surface area contributed by atoms with Crippen molar-refractivity contribution in [3.05, 3.63) is 83.2 Å². The summed E-state index contributed by atoms with van der Waals surface area (Å²) in [5, 5.41) is 13.0. The third-order valence-electron chi connectivity index (χ3n) is 4.87. The molecular weight excluding hydrogens is 444 g/mol. The molecule has 2 atom stereocenters. The van der Waals surface area contributed by atoms with Crippen LogP contribution in [0, 0.1) is 6.92 Å². The van der Waals surface area contributed by atoms with Gasteiger partial charge >= 0.3 is 0 Å². The van der Waals surface area contributed by atoms with Gasteiger partial charge in [0.15, 0.2) is 17.1 Å². The molecule has 1 heterocycles. The summed E-state index contributed by atoms with van der Waals surface area (Å²) in [4.78, 5) is 12.5. The minimum absolute atomic E-state index is 0.0674. The van der Waals surface area contributed by atoms with Crippen molar-refractivity contribution < 1.29 is 9.53 Å². The average Bonchev–Trinajstić information content (AvgIpc) is 3.18. The monoisotopic (exact) mass is 470 g/mol. The molecule has 0 saturated carbocycles. The molecule has 2 unspecified atom stereocenters. The number of thioether (sulfide) groups is 1. The number of hydrogen-bond donors (Lipinski definition) is 1. The molecule has 0 aliphatic heterocycles. The van der Waals surface area contributed by atoms with E-state index < -0.39 is 0 Å². The molecule has 32 heavy (non-hydrogen) atoms. The second kappa shape index (κ2) is 11.2. The lowest BCUT2D eigenvalue weighted by Crippen LogP contribution is -2.28. The Morgan fingerprint density at radius 2 is 2.00 bits per heavy atom. The van der Waals surface area contributed by atoms with Crippen molar-refractivity contribution in [2.24, 2.45) is 0 Å². The molecule has 0 saturated heterocycles. The van der Waals surface area contributed by atoms with Gasteiger partial charge in [-0.1, -0.05) is 59.8 Å². The summed E-state index contributed by atoms with van der Waals surface area (Å²) >= 11 is 7.44. The van der Waals surface area contributed by atoms with Crippen molar-refractivity contribution in [3.8, 4) is 5.75 Å². The number of hydrogen-bond acceptors (Lipinski definition) is 5. The van der Waals surface area contributed by atoms with E-state index in [1.165, 1.54) is 11.8 Å². The SMILES string of the molecule is C=CCn1c(SCC(=O)NC(C)c2ccccc2)nnc1C(C)Oc1ccc(Cl)c(C)c1. The zero-order valence-electron chi connectivity index (χ0n) is 18.4. The maximum absolute atomic E-state index is 12.5. The van der Waals surface area contributed by atoms with Crippen LogP contribution in [0.2, 0.25) is 5.02 Å². The highest BCUT2D eigenvalue weighted by atomic mass is 35.5. The molecule has 3 aromatic rings. The van der Waals surface area contributed by atoms with E-state index in [0.717, 1.165) is 11.1 Å². The van der Waals surface area contributed by atoms with E-state index in [1.807, 2.05) is 73.9 Å². The van der Waals surface area contributed by atoms with Crippen LogP contribution in [0.25, 0.3) is 0 Å². The summed E-state index contributed by atoms with van der Waals surface area (Å²) in [5.41, 5.74) is 2.00. The van der Waals surface area contributed by atoms with Gasteiger partial charge in [0.25, 0.3) is 0 Å². The summed E-state index contributed by atoms with van der Waals surface area (Å²) in [6.07, 6.45) is 1.43. The van der Waals surface area contributed by atoms with Gasteiger partial charge in [-0.15, -0.1) is 16.8 Å². The summed E-state index contributed by atoms with van der Waals surface area (Å²) in [5.74, 6) is 1.54. The van der Waals surface area contributed by atoms with Gasteiger partial charge in [0, 0.05) is 11.6 Å². The fraction of sp³-hybridized carbons (Fsp3) is 0.292. The highest BCUT2D eigenvalue weighted by molar-refractivity contribution is 7.99. The smallest absolute Gasteiger partial charge is 0.230 e. The molecule has 3 rings (SSSR count). The Balaban J connectivity index is 1.65. The number of halogens is 1. The molecule has 2 aromatic carbocycles. The lowest BCUT2D eigenvalue weighted by atomic mass is 10.1. The first-order valence-corrected chi connectivity index (χ1v) is 11.7. The Hall–Kier alpha value is -2.77. The zero-order valence-corrected chi connectivity index (χ0v) is 20.0. The molecule has 8 heteroatoms. The molecule has 0 bridgehead atoms. The third-order valence-corrected chi connectivity index (χ3v) is 6.26. The van der Waals surface area contributed by atoms with Crippen molar-refractivity contribution >= 4 is 29.3 Å². The predicted molar refractivity (Wildman–Crippen MR) is 129 cm³/mol. The van der Waals surface area contributed by atoms with Crippen LogP contribution >= 0.6 is 23.4 Å². The summed E-state index contributed by atoms with van der Waals surface area (Å²) < 4.78 is 7.97. The normalized spacial score (nSPS) is 12.8. The molecule has 0 spiro atoms. The predicted octanol–water partition coefficient (Wildman–Crippen LogP) is 5.54. The van der Waals surface area contributed by atoms with Gasteiger partial charge in [0.2, 0.25) is 5.91 Å². The minimum atomic E-state index is -0.343. The van der Waals surface area contributed by atoms with Gasteiger partial charge in [-0.2, -0.15) is 0 Å². The quantitative estimate of drug-likeness (QED) is 0.311. The highest BCUT2D eigenvalue weighted by Gasteiger charge is 2.20. The standard InChI is InChI=1S/C24H27ClN4O2S/c1-5-13-29-23(18(4)31-20-11-12-21(25)16(2)14-20)27-28-24(29)32-15-22(30)26-17(3)19-9-7-6-8-10-19/h5-12,14,17-18H,1,13,15H2,2-4H3,(H,26,30). The maximum Gasteiger partial charge on any atom is 0.230 e. The summed E-state index contributed by atoms with van der Waals surface area (Å²) in [7, 11) is 0. The molecule has 0 aliphatic carbocycles. The number of benzene rings is 2. The number of nitrogens with one attached hydrogen (secondary N) is 1. The number of nitrogens with zero attached hydrogens (tertiary/aromatic N) is 3. The van der Waals surface area contributed by atoms with Crippen LogP contribution in [0.15, 0.2) is 66.3 Å². The molecule has 168 valence electrons. The van der Waals surface area contributed by atoms with Crippen LogP contribution in [0.5, 0.6) is 5.75 Å². The minimum Gasteiger partial charge on any atom is -0.483 e. The van der Waals surface area contributed by atoms with Crippen molar-refractivity contribution in [1.29, 1.82) is 0 Å². The zero-order chi connectivity index (χ0) is 23.1. The first-order chi connectivity index (χ1) is 15.4. The number of aryl methyl sites for hydroxylation is 1. The van der Waals surface area contributed by atoms with E-state index in [1.54, 1.807) is 6.08 Å². The Morgan fingerprint density at radius 1 is 1.25 bits per heavy atom. The molecular formula is C24H27ClN4O2S. The fourth-order valence-corrected chi connectivity index (χ4v) is 4.08. The second-order valence-corrected chi connectivity index (χ2v) is 8.75. The van der Waals surface area contributed by atoms with E-state index >= 15 is 0 Å². The lowest BCUT2D eigenvalue weighted by molar-refractivity contribution is -0.119. The molecule has 1 aromatic heterocycles. The maximum atomic E-state index is 12.5. The topological polar surface area (TPSA) is 69.0 Å². The third kappa shape index (κ3) is 6.14. The number of allylic oxidation sites excluding steroid dienone is 1. The van der Waals surface area contributed by atoms with E-state index in [4.69, 9.17) is 16.3 Å². The summed E-state index contributed by atoms with van der Waals surface area (Å²) in [6, 6.07) is 15.3. The molecule has 0 aliphatic rings. The van der Waals surface area contributed by atoms with Crippen LogP contribution in [-0.4, -0.2) is 26.4 Å². The van der Waals surface area contributed by atoms with Crippen molar-refractivity contribution in [2.75, 3.05) is 5.75 Å². The molecule has 0 fully saturated rings. The van der Waals surface area contributed by atoms with Gasteiger partial charge in [-0.3, -0.25) is 9.36 Å². The van der Waals surface area contributed by atoms with Crippen molar-refractivity contribution in [3.63, 3.8) is 0 Å². The van der Waals surface area contributed by atoms with Crippen LogP contribution in [-0.2, 0) is 11.3 Å². The molecule has 0 radical (unpaired) electrons. The van der Waals surface area contributed by atoms with Crippen LogP contribution < -0.4 is 10.1 Å². The Bertz CT molecular complexity index is 1070. The summed E-state index contributed by atoms with van der Waals surface area (Å²) in [6.45, 7) is 10.2. The van der Waals surface area contributed by atoms with Crippen LogP contribution in [0.1, 0.15) is 42.9 Å². The number of amides is 1. The number of carbonyl (C=O) groups excluding carboxylic acids is 1. The van der Waals surface area contributed by atoms with E-state index in [9.17, 15) is 4.79 Å². The first-order valence-electron chi connectivity index (χ1n) is 10.3. The Labute approximate surface area is 198 Å². The Morgan fingerprint density at radius 3 is 2.69 bits per heavy atom. The fourth-order valence-electron chi connectivity index (χ4n) is 3.19. The average molecular weight is 471 g/mol. The van der Waals surface area contributed by atoms with Gasteiger partial charge in [-0.05, 0) is 50.1 Å². The van der Waals surface area contributed by atoms with Crippen molar-refractivity contribution in [1.82, 2.24) is 20.1 Å². The second-order valence-electron chi connectivity index (χ2n) is 7.40. The Kier molecular flexibility index (Phi) is 8.36. The van der Waals surface area contributed by atoms with Gasteiger partial charge in [-0.25, -0.2) is 0 Å². The molecule has 1 amide bonds. The number of ether oxygens (including phenoxy) is 1. The van der Waals surface area contributed by atoms with Crippen LogP contribution in [0.4, 0.5) is 0 Å². The lowest BCUT2D eigenvalue weighted by Gasteiger charge is -2.16. The number of aromatic nitrogens is 3. The number of rotatable bonds is 10. The van der Waals surface area contributed by atoms with Gasteiger partial charge < -0.3 is 10.1 Å². The van der Waals surface area contributed by atoms with Gasteiger partial charge in [0.1, 0.15) is 5.75 Å². The van der Waals surface area contributed by atoms with E-state index in [0.29, 0.717) is 28.3 Å². The number of carbonyl (C=O) groups is 1. The van der Waals surface area contributed by atoms with Crippen LogP contribution in [0.3, 0.4) is 0 Å². The molecule has 1 N–H and O–H groups in total. The van der Waals surface area contributed by atoms with E-state index in [2.05, 4.69) is 22.1 Å². The van der Waals surface area contributed by atoms with Gasteiger partial charge in [0.05, 0.1) is 11.8 Å². The van der Waals surface area contributed by atoms with E-state index in [-0.39, 0.29) is 23.8 Å². The molecule has 6 nitrogen and oxygen atoms in total. The largest absolute Gasteiger partial charge is 0.483 e.